The Labute approximate surface area is 116 Å². The molecule has 2 aromatic rings. The van der Waals surface area contributed by atoms with Gasteiger partial charge in [-0.25, -0.2) is 0 Å². The summed E-state index contributed by atoms with van der Waals surface area (Å²) in [7, 11) is 1.93. The van der Waals surface area contributed by atoms with Gasteiger partial charge in [0.1, 0.15) is 0 Å². The van der Waals surface area contributed by atoms with E-state index in [4.69, 9.17) is 10.8 Å². The van der Waals surface area contributed by atoms with Crippen LogP contribution in [0, 0.1) is 10.8 Å². The van der Waals surface area contributed by atoms with Gasteiger partial charge in [0.25, 0.3) is 0 Å². The van der Waals surface area contributed by atoms with E-state index in [1.165, 1.54) is 0 Å². The molecule has 3 rings (SSSR count). The first kappa shape index (κ1) is 12.3. The van der Waals surface area contributed by atoms with E-state index in [-0.39, 0.29) is 0 Å². The number of rotatable bonds is 3. The fraction of sp³-hybridized carbons (Fsp3) is 0.200. The van der Waals surface area contributed by atoms with Crippen molar-refractivity contribution in [3.8, 4) is 0 Å². The van der Waals surface area contributed by atoms with Gasteiger partial charge in [-0.1, -0.05) is 18.2 Å². The summed E-state index contributed by atoms with van der Waals surface area (Å²) in [6, 6.07) is 7.95. The van der Waals surface area contributed by atoms with Gasteiger partial charge in [0.05, 0.1) is 16.3 Å². The molecule has 0 amide bonds. The van der Waals surface area contributed by atoms with E-state index in [1.54, 1.807) is 11.3 Å². The second-order valence-electron chi connectivity index (χ2n) is 4.61. The van der Waals surface area contributed by atoms with Crippen LogP contribution in [-0.4, -0.2) is 25.0 Å². The van der Waals surface area contributed by atoms with Crippen molar-refractivity contribution in [2.45, 2.75) is 6.42 Å². The summed E-state index contributed by atoms with van der Waals surface area (Å²) < 4.78 is 0. The summed E-state index contributed by atoms with van der Waals surface area (Å²) >= 11 is 1.55. The van der Waals surface area contributed by atoms with Gasteiger partial charge >= 0.3 is 0 Å². The average molecular weight is 269 g/mol. The average Bonchev–Trinajstić information content (AvgIpc) is 2.92. The molecule has 0 fully saturated rings. The molecule has 3 nitrogen and oxygen atoms in total. The maximum absolute atomic E-state index is 8.43. The Hall–Kier alpha value is -1.78. The van der Waals surface area contributed by atoms with Gasteiger partial charge in [0, 0.05) is 16.7 Å². The van der Waals surface area contributed by atoms with E-state index in [2.05, 4.69) is 11.4 Å². The molecule has 1 aromatic carbocycles. The topological polar surface area (TPSA) is 59.7 Å². The third-order valence-corrected chi connectivity index (χ3v) is 4.41. The third-order valence-electron chi connectivity index (χ3n) is 3.48. The van der Waals surface area contributed by atoms with E-state index in [9.17, 15) is 0 Å². The lowest BCUT2D eigenvalue weighted by Gasteiger charge is -2.21. The summed E-state index contributed by atoms with van der Waals surface area (Å²) in [4.78, 5) is 0.925. The molecule has 0 bridgehead atoms. The highest BCUT2D eigenvalue weighted by atomic mass is 32.1. The maximum Gasteiger partial charge on any atom is 0.0800 e. The molecule has 1 aliphatic rings. The number of hydrogen-bond acceptors (Lipinski definition) is 4. The van der Waals surface area contributed by atoms with Gasteiger partial charge in [0.2, 0.25) is 0 Å². The number of thiophene rings is 1. The Bertz CT molecular complexity index is 670. The summed E-state index contributed by atoms with van der Waals surface area (Å²) in [5.74, 6) is 0. The highest BCUT2D eigenvalue weighted by Gasteiger charge is 2.27. The molecule has 96 valence electrons. The van der Waals surface area contributed by atoms with Crippen LogP contribution in [0.2, 0.25) is 0 Å². The fourth-order valence-electron chi connectivity index (χ4n) is 2.53. The predicted octanol–water partition coefficient (Wildman–Crippen LogP) is 2.66. The molecule has 0 unspecified atom stereocenters. The SMILES string of the molecule is CNCCc1cccc2c1C(=N)c1sccc1C2=N. The van der Waals surface area contributed by atoms with Crippen LogP contribution >= 0.6 is 11.3 Å². The van der Waals surface area contributed by atoms with Gasteiger partial charge in [-0.15, -0.1) is 11.3 Å². The molecule has 3 N–H and O–H groups in total. The first-order valence-electron chi connectivity index (χ1n) is 6.26. The molecule has 0 atom stereocenters. The van der Waals surface area contributed by atoms with Crippen molar-refractivity contribution in [2.24, 2.45) is 0 Å². The fourth-order valence-corrected chi connectivity index (χ4v) is 3.39. The number of nitrogens with one attached hydrogen (secondary N) is 3. The molecule has 4 heteroatoms. The van der Waals surface area contributed by atoms with Crippen molar-refractivity contribution in [1.82, 2.24) is 5.32 Å². The van der Waals surface area contributed by atoms with Crippen molar-refractivity contribution in [3.63, 3.8) is 0 Å². The van der Waals surface area contributed by atoms with E-state index in [0.29, 0.717) is 11.4 Å². The first-order chi connectivity index (χ1) is 9.24. The van der Waals surface area contributed by atoms with Crippen LogP contribution in [0.25, 0.3) is 0 Å². The first-order valence-corrected chi connectivity index (χ1v) is 7.14. The van der Waals surface area contributed by atoms with Crippen LogP contribution in [-0.2, 0) is 6.42 Å². The molecular weight excluding hydrogens is 254 g/mol. The van der Waals surface area contributed by atoms with E-state index < -0.39 is 0 Å². The van der Waals surface area contributed by atoms with Crippen LogP contribution in [0.1, 0.15) is 27.1 Å². The van der Waals surface area contributed by atoms with Crippen LogP contribution in [0.5, 0.6) is 0 Å². The molecule has 19 heavy (non-hydrogen) atoms. The monoisotopic (exact) mass is 269 g/mol. The molecule has 0 radical (unpaired) electrons. The van der Waals surface area contributed by atoms with Crippen molar-refractivity contribution in [2.75, 3.05) is 13.6 Å². The minimum Gasteiger partial charge on any atom is -0.319 e. The number of hydrogen-bond donors (Lipinski definition) is 3. The number of likely N-dealkylation sites (N-methyl/N-ethyl adjacent to an activating group) is 1. The molecule has 0 spiro atoms. The van der Waals surface area contributed by atoms with E-state index >= 15 is 0 Å². The molecule has 1 aromatic heterocycles. The zero-order chi connectivity index (χ0) is 13.4. The van der Waals surface area contributed by atoms with Crippen molar-refractivity contribution >= 4 is 22.8 Å². The smallest absolute Gasteiger partial charge is 0.0800 e. The normalized spacial score (nSPS) is 13.3. The third kappa shape index (κ3) is 1.84. The van der Waals surface area contributed by atoms with Gasteiger partial charge in [-0.2, -0.15) is 0 Å². The molecular formula is C15H15N3S. The maximum atomic E-state index is 8.43. The Kier molecular flexibility index (Phi) is 3.05. The zero-order valence-corrected chi connectivity index (χ0v) is 11.5. The van der Waals surface area contributed by atoms with Crippen LogP contribution in [0.15, 0.2) is 29.6 Å². The van der Waals surface area contributed by atoms with Gasteiger partial charge < -0.3 is 5.32 Å². The Balaban J connectivity index is 2.16. The van der Waals surface area contributed by atoms with Crippen LogP contribution in [0.4, 0.5) is 0 Å². The van der Waals surface area contributed by atoms with Gasteiger partial charge in [-0.3, -0.25) is 10.8 Å². The minimum atomic E-state index is 0.550. The molecule has 0 aliphatic heterocycles. The Morgan fingerprint density at radius 3 is 2.74 bits per heavy atom. The lowest BCUT2D eigenvalue weighted by molar-refractivity contribution is 0.791. The lowest BCUT2D eigenvalue weighted by atomic mass is 9.84. The molecule has 0 saturated heterocycles. The Morgan fingerprint density at radius 1 is 1.11 bits per heavy atom. The van der Waals surface area contributed by atoms with E-state index in [0.717, 1.165) is 40.1 Å². The van der Waals surface area contributed by atoms with Crippen molar-refractivity contribution in [3.05, 3.63) is 56.8 Å². The summed E-state index contributed by atoms with van der Waals surface area (Å²) in [5, 5.41) is 21.9. The zero-order valence-electron chi connectivity index (χ0n) is 10.7. The molecule has 0 saturated carbocycles. The molecule has 1 heterocycles. The standard InChI is InChI=1S/C15H15N3S/c1-18-7-5-9-3-2-4-10-12(9)14(17)15-11(13(10)16)6-8-19-15/h2-4,6,8,16-18H,5,7H2,1H3. The van der Waals surface area contributed by atoms with Crippen molar-refractivity contribution < 1.29 is 0 Å². The van der Waals surface area contributed by atoms with E-state index in [1.807, 2.05) is 30.6 Å². The van der Waals surface area contributed by atoms with Crippen molar-refractivity contribution in [1.29, 1.82) is 10.8 Å². The second kappa shape index (κ2) is 4.72. The highest BCUT2D eigenvalue weighted by molar-refractivity contribution is 7.13. The summed E-state index contributed by atoms with van der Waals surface area (Å²) in [6.45, 7) is 0.883. The summed E-state index contributed by atoms with van der Waals surface area (Å²) in [5.41, 5.74) is 5.01. The van der Waals surface area contributed by atoms with Gasteiger partial charge in [-0.05, 0) is 37.0 Å². The largest absolute Gasteiger partial charge is 0.319 e. The quantitative estimate of drug-likeness (QED) is 0.672. The van der Waals surface area contributed by atoms with Crippen LogP contribution in [0.3, 0.4) is 0 Å². The molecule has 1 aliphatic carbocycles. The minimum absolute atomic E-state index is 0.550. The van der Waals surface area contributed by atoms with Crippen LogP contribution < -0.4 is 5.32 Å². The number of fused-ring (bicyclic) bond motifs is 2. The number of benzene rings is 1. The summed E-state index contributed by atoms with van der Waals surface area (Å²) in [6.07, 6.45) is 0.885. The second-order valence-corrected chi connectivity index (χ2v) is 5.52. The van der Waals surface area contributed by atoms with Gasteiger partial charge in [0.15, 0.2) is 0 Å². The highest BCUT2D eigenvalue weighted by Crippen LogP contribution is 2.32. The predicted molar refractivity (Wildman–Crippen MR) is 80.3 cm³/mol. The Morgan fingerprint density at radius 2 is 1.95 bits per heavy atom. The lowest BCUT2D eigenvalue weighted by Crippen LogP contribution is -2.22.